The van der Waals surface area contributed by atoms with Crippen molar-refractivity contribution in [3.05, 3.63) is 35.6 Å². The molecule has 0 saturated carbocycles. The smallest absolute Gasteiger partial charge is 0.230 e. The molecule has 1 heterocycles. The number of carbonyl (C=O) groups excluding carboxylic acids is 1. The van der Waals surface area contributed by atoms with Gasteiger partial charge in [-0.25, -0.2) is 12.8 Å². The minimum absolute atomic E-state index is 0.000730. The summed E-state index contributed by atoms with van der Waals surface area (Å²) >= 11 is 1.35. The molecular weight excluding hydrogens is 301 g/mol. The summed E-state index contributed by atoms with van der Waals surface area (Å²) in [5.74, 6) is 0.0129. The molecule has 0 unspecified atom stereocenters. The van der Waals surface area contributed by atoms with Gasteiger partial charge in [0, 0.05) is 17.4 Å². The van der Waals surface area contributed by atoms with E-state index >= 15 is 0 Å². The summed E-state index contributed by atoms with van der Waals surface area (Å²) in [6.07, 6.45) is 0.605. The van der Waals surface area contributed by atoms with Crippen LogP contribution in [-0.4, -0.2) is 36.8 Å². The molecule has 0 aliphatic carbocycles. The van der Waals surface area contributed by atoms with Gasteiger partial charge in [-0.05, 0) is 12.5 Å². The first-order valence-corrected chi connectivity index (χ1v) is 9.15. The van der Waals surface area contributed by atoms with Crippen molar-refractivity contribution in [2.24, 2.45) is 0 Å². The molecule has 110 valence electrons. The summed E-state index contributed by atoms with van der Waals surface area (Å²) < 4.78 is 35.9. The number of thioether (sulfide) groups is 1. The van der Waals surface area contributed by atoms with Gasteiger partial charge in [0.1, 0.15) is 5.82 Å². The molecule has 0 spiro atoms. The van der Waals surface area contributed by atoms with Gasteiger partial charge in [-0.1, -0.05) is 18.2 Å². The third-order valence-corrected chi connectivity index (χ3v) is 6.36. The number of carbonyl (C=O) groups is 1. The lowest BCUT2D eigenvalue weighted by Gasteiger charge is -2.08. The van der Waals surface area contributed by atoms with Crippen molar-refractivity contribution in [1.29, 1.82) is 0 Å². The number of rotatable bonds is 5. The van der Waals surface area contributed by atoms with Crippen LogP contribution in [0.2, 0.25) is 0 Å². The largest absolute Gasteiger partial charge is 0.351 e. The number of benzene rings is 1. The van der Waals surface area contributed by atoms with Gasteiger partial charge in [-0.15, -0.1) is 11.8 Å². The van der Waals surface area contributed by atoms with E-state index in [2.05, 4.69) is 5.32 Å². The molecular formula is C13H16FNO3S2. The van der Waals surface area contributed by atoms with E-state index in [4.69, 9.17) is 0 Å². The van der Waals surface area contributed by atoms with Crippen molar-refractivity contribution >= 4 is 27.5 Å². The fraction of sp³-hybridized carbons (Fsp3) is 0.462. The minimum Gasteiger partial charge on any atom is -0.351 e. The summed E-state index contributed by atoms with van der Waals surface area (Å²) in [5.41, 5.74) is 0.439. The lowest BCUT2D eigenvalue weighted by atomic mass is 10.2. The van der Waals surface area contributed by atoms with Gasteiger partial charge in [-0.2, -0.15) is 0 Å². The van der Waals surface area contributed by atoms with E-state index in [1.54, 1.807) is 18.2 Å². The van der Waals surface area contributed by atoms with Crippen LogP contribution >= 0.6 is 11.8 Å². The molecule has 1 saturated heterocycles. The predicted molar refractivity (Wildman–Crippen MR) is 77.8 cm³/mol. The van der Waals surface area contributed by atoms with Gasteiger partial charge in [0.15, 0.2) is 9.84 Å². The van der Waals surface area contributed by atoms with E-state index in [0.29, 0.717) is 12.0 Å². The first kappa shape index (κ1) is 15.3. The van der Waals surface area contributed by atoms with Gasteiger partial charge in [0.25, 0.3) is 0 Å². The molecule has 1 aromatic rings. The molecule has 1 amide bonds. The van der Waals surface area contributed by atoms with E-state index in [0.717, 1.165) is 0 Å². The Bertz CT molecular complexity index is 589. The van der Waals surface area contributed by atoms with Crippen LogP contribution in [0, 0.1) is 5.82 Å². The average Bonchev–Trinajstić information content (AvgIpc) is 2.75. The normalized spacial score (nSPS) is 20.8. The molecule has 4 nitrogen and oxygen atoms in total. The van der Waals surface area contributed by atoms with Crippen LogP contribution in [-0.2, 0) is 21.2 Å². The number of halogens is 1. The Kier molecular flexibility index (Phi) is 5.04. The van der Waals surface area contributed by atoms with Gasteiger partial charge >= 0.3 is 0 Å². The van der Waals surface area contributed by atoms with Crippen LogP contribution in [0.5, 0.6) is 0 Å². The highest BCUT2D eigenvalue weighted by Gasteiger charge is 2.28. The number of amides is 1. The maximum Gasteiger partial charge on any atom is 0.230 e. The third-order valence-electron chi connectivity index (χ3n) is 3.07. The second kappa shape index (κ2) is 6.58. The topological polar surface area (TPSA) is 63.2 Å². The Hall–Kier alpha value is -1.08. The Morgan fingerprint density at radius 1 is 1.40 bits per heavy atom. The molecule has 0 radical (unpaired) electrons. The summed E-state index contributed by atoms with van der Waals surface area (Å²) in [6, 6.07) is 6.27. The zero-order valence-electron chi connectivity index (χ0n) is 10.8. The fourth-order valence-corrected chi connectivity index (χ4v) is 5.45. The molecule has 0 bridgehead atoms. The molecule has 1 aromatic carbocycles. The van der Waals surface area contributed by atoms with Crippen molar-refractivity contribution in [3.8, 4) is 0 Å². The molecule has 1 aliphatic rings. The summed E-state index contributed by atoms with van der Waals surface area (Å²) in [4.78, 5) is 11.6. The first-order valence-electron chi connectivity index (χ1n) is 6.28. The van der Waals surface area contributed by atoms with E-state index < -0.39 is 9.84 Å². The van der Waals surface area contributed by atoms with E-state index in [1.165, 1.54) is 17.8 Å². The maximum absolute atomic E-state index is 13.3. The van der Waals surface area contributed by atoms with Crippen molar-refractivity contribution in [1.82, 2.24) is 5.32 Å². The number of nitrogens with one attached hydrogen (secondary N) is 1. The van der Waals surface area contributed by atoms with Gasteiger partial charge in [-0.3, -0.25) is 4.79 Å². The molecule has 1 atom stereocenters. The Morgan fingerprint density at radius 3 is 2.80 bits per heavy atom. The molecule has 1 aliphatic heterocycles. The van der Waals surface area contributed by atoms with Crippen LogP contribution in [0.25, 0.3) is 0 Å². The van der Waals surface area contributed by atoms with Crippen LogP contribution in [0.4, 0.5) is 4.39 Å². The number of sulfone groups is 1. The van der Waals surface area contributed by atoms with Crippen LogP contribution in [0.15, 0.2) is 24.3 Å². The Labute approximate surface area is 122 Å². The molecule has 1 fully saturated rings. The second-order valence-electron chi connectivity index (χ2n) is 4.70. The van der Waals surface area contributed by atoms with Crippen LogP contribution in [0.3, 0.4) is 0 Å². The number of hydrogen-bond donors (Lipinski definition) is 1. The third kappa shape index (κ3) is 4.49. The predicted octanol–water partition coefficient (Wildman–Crippen LogP) is 1.36. The maximum atomic E-state index is 13.3. The van der Waals surface area contributed by atoms with Crippen molar-refractivity contribution in [3.63, 3.8) is 0 Å². The monoisotopic (exact) mass is 317 g/mol. The lowest BCUT2D eigenvalue weighted by molar-refractivity contribution is -0.118. The van der Waals surface area contributed by atoms with Gasteiger partial charge < -0.3 is 5.32 Å². The van der Waals surface area contributed by atoms with Crippen molar-refractivity contribution in [2.45, 2.75) is 18.2 Å². The van der Waals surface area contributed by atoms with Gasteiger partial charge in [0.2, 0.25) is 5.91 Å². The van der Waals surface area contributed by atoms with Crippen LogP contribution in [0.1, 0.15) is 12.0 Å². The number of hydrogen-bond acceptors (Lipinski definition) is 4. The highest BCUT2D eigenvalue weighted by molar-refractivity contribution is 8.02. The summed E-state index contributed by atoms with van der Waals surface area (Å²) in [5, 5.41) is 2.63. The zero-order chi connectivity index (χ0) is 14.6. The lowest BCUT2D eigenvalue weighted by Crippen LogP contribution is -2.26. The van der Waals surface area contributed by atoms with E-state index in [9.17, 15) is 17.6 Å². The van der Waals surface area contributed by atoms with E-state index in [-0.39, 0.29) is 40.8 Å². The molecule has 2 rings (SSSR count). The Balaban J connectivity index is 1.73. The molecule has 7 heteroatoms. The van der Waals surface area contributed by atoms with Crippen molar-refractivity contribution < 1.29 is 17.6 Å². The Morgan fingerprint density at radius 2 is 2.15 bits per heavy atom. The second-order valence-corrected chi connectivity index (χ2v) is 8.22. The summed E-state index contributed by atoms with van der Waals surface area (Å²) in [7, 11) is -2.91. The summed E-state index contributed by atoms with van der Waals surface area (Å²) in [6.45, 7) is 0.148. The van der Waals surface area contributed by atoms with Gasteiger partial charge in [0.05, 0.1) is 17.3 Å². The fourth-order valence-electron chi connectivity index (χ4n) is 1.97. The van der Waals surface area contributed by atoms with Crippen LogP contribution < -0.4 is 5.32 Å². The first-order chi connectivity index (χ1) is 9.46. The molecule has 1 N–H and O–H groups in total. The zero-order valence-corrected chi connectivity index (χ0v) is 12.5. The highest BCUT2D eigenvalue weighted by Crippen LogP contribution is 2.23. The average molecular weight is 317 g/mol. The van der Waals surface area contributed by atoms with E-state index in [1.807, 2.05) is 0 Å². The molecule has 20 heavy (non-hydrogen) atoms. The SMILES string of the molecule is O=C(CS[C@@H]1CCS(=O)(=O)C1)NCc1ccccc1F. The highest BCUT2D eigenvalue weighted by atomic mass is 32.2. The quantitative estimate of drug-likeness (QED) is 0.891. The van der Waals surface area contributed by atoms with Crippen molar-refractivity contribution in [2.75, 3.05) is 17.3 Å². The molecule has 0 aromatic heterocycles. The standard InChI is InChI=1S/C13H16FNO3S2/c14-12-4-2-1-3-10(12)7-15-13(16)8-19-11-5-6-20(17,18)9-11/h1-4,11H,5-9H2,(H,15,16)/t11-/m1/s1. The minimum atomic E-state index is -2.91.